The first-order valence-electron chi connectivity index (χ1n) is 12.2. The number of nitrogens with zero attached hydrogens (tertiary/aromatic N) is 2. The Kier molecular flexibility index (Phi) is 11.5. The fourth-order valence-electron chi connectivity index (χ4n) is 4.20. The number of benzene rings is 2. The van der Waals surface area contributed by atoms with E-state index in [4.69, 9.17) is 24.5 Å². The molecule has 2 aromatic rings. The van der Waals surface area contributed by atoms with Gasteiger partial charge >= 0.3 is 18.0 Å². The van der Waals surface area contributed by atoms with Crippen molar-refractivity contribution < 1.29 is 34.1 Å². The maximum atomic E-state index is 13.2. The molecule has 3 amide bonds. The summed E-state index contributed by atoms with van der Waals surface area (Å²) in [6.45, 7) is 4.34. The maximum absolute atomic E-state index is 13.2. The molecule has 38 heavy (non-hydrogen) atoms. The third kappa shape index (κ3) is 8.77. The van der Waals surface area contributed by atoms with Crippen molar-refractivity contribution in [2.75, 3.05) is 46.2 Å². The lowest BCUT2D eigenvalue weighted by molar-refractivity contribution is -0.159. The lowest BCUT2D eigenvalue weighted by Gasteiger charge is -2.37. The lowest BCUT2D eigenvalue weighted by atomic mass is 10.0. The number of carbonyl (C=O) groups excluding carboxylic acids is 2. The highest BCUT2D eigenvalue weighted by Crippen LogP contribution is 2.31. The zero-order valence-corrected chi connectivity index (χ0v) is 22.2. The fourth-order valence-corrected chi connectivity index (χ4v) is 4.20. The van der Waals surface area contributed by atoms with E-state index in [0.29, 0.717) is 23.0 Å². The van der Waals surface area contributed by atoms with E-state index in [1.165, 1.54) is 12.7 Å². The highest BCUT2D eigenvalue weighted by molar-refractivity contribution is 6.27. The monoisotopic (exact) mass is 528 g/mol. The molecule has 1 fully saturated rings. The number of likely N-dealkylation sites (tertiary alicyclic amines) is 1. The van der Waals surface area contributed by atoms with Crippen molar-refractivity contribution in [3.63, 3.8) is 0 Å². The molecule has 4 N–H and O–H groups in total. The molecule has 0 saturated carbocycles. The molecule has 0 bridgehead atoms. The number of rotatable bonds is 7. The topological polar surface area (TPSA) is 149 Å². The number of carboxylic acid groups (broad SMARTS) is 2. The quantitative estimate of drug-likeness (QED) is 0.401. The van der Waals surface area contributed by atoms with Crippen LogP contribution in [0, 0.1) is 6.92 Å². The van der Waals surface area contributed by atoms with Crippen molar-refractivity contribution in [1.82, 2.24) is 15.1 Å². The number of piperidine rings is 1. The maximum Gasteiger partial charge on any atom is 0.414 e. The summed E-state index contributed by atoms with van der Waals surface area (Å²) in [7, 11) is 5.27. The number of urea groups is 1. The predicted octanol–water partition coefficient (Wildman–Crippen LogP) is 2.69. The van der Waals surface area contributed by atoms with E-state index in [1.54, 1.807) is 13.1 Å². The fraction of sp³-hybridized carbons (Fsp3) is 0.407. The van der Waals surface area contributed by atoms with Gasteiger partial charge in [-0.05, 0) is 56.5 Å². The Hall–Kier alpha value is -4.12. The molecule has 1 aliphatic rings. The summed E-state index contributed by atoms with van der Waals surface area (Å²) in [5.41, 5.74) is 3.29. The minimum atomic E-state index is -1.82. The van der Waals surface area contributed by atoms with Crippen molar-refractivity contribution >= 4 is 29.6 Å². The number of nitrogens with one attached hydrogen (secondary N) is 2. The average Bonchev–Trinajstić information content (AvgIpc) is 2.93. The Morgan fingerprint density at radius 3 is 2.18 bits per heavy atom. The molecular formula is C27H36N4O7. The number of carboxylic acids is 2. The van der Waals surface area contributed by atoms with Gasteiger partial charge in [-0.2, -0.15) is 0 Å². The average molecular weight is 529 g/mol. The van der Waals surface area contributed by atoms with Crippen molar-refractivity contribution in [1.29, 1.82) is 0 Å². The van der Waals surface area contributed by atoms with Crippen LogP contribution in [0.1, 0.15) is 34.3 Å². The van der Waals surface area contributed by atoms with Crippen LogP contribution < -0.4 is 15.4 Å². The van der Waals surface area contributed by atoms with E-state index in [0.717, 1.165) is 44.5 Å². The lowest BCUT2D eigenvalue weighted by Crippen LogP contribution is -2.46. The number of aliphatic carboxylic acids is 2. The highest BCUT2D eigenvalue weighted by Gasteiger charge is 2.27. The van der Waals surface area contributed by atoms with Gasteiger partial charge in [0.05, 0.1) is 12.8 Å². The Morgan fingerprint density at radius 2 is 1.66 bits per heavy atom. The standard InChI is InChI=1S/C25H34N4O3.C2H2O4/c1-18-16-20(17-22(32-4)23(18)27-25(31)26-2)24(30)29-14-11-21(12-15-29)28(3)13-10-19-8-6-5-7-9-19;3-1(4)2(5)6/h5-9,16-17,21H,10-15H2,1-4H3,(H2,26,27,31);(H,3,4)(H,5,6). The SMILES string of the molecule is CNC(=O)Nc1c(C)cc(C(=O)N2CCC(N(C)CCc3ccccc3)CC2)cc1OC.O=C(O)C(=O)O. The van der Waals surface area contributed by atoms with Crippen LogP contribution >= 0.6 is 0 Å². The molecule has 206 valence electrons. The van der Waals surface area contributed by atoms with Crippen LogP contribution in [0.15, 0.2) is 42.5 Å². The zero-order chi connectivity index (χ0) is 28.2. The predicted molar refractivity (Wildman–Crippen MR) is 143 cm³/mol. The largest absolute Gasteiger partial charge is 0.495 e. The Bertz CT molecular complexity index is 1100. The second-order valence-electron chi connectivity index (χ2n) is 8.92. The van der Waals surface area contributed by atoms with E-state index in [1.807, 2.05) is 24.0 Å². The second kappa shape index (κ2) is 14.6. The molecule has 1 heterocycles. The first kappa shape index (κ1) is 30.1. The molecule has 1 saturated heterocycles. The van der Waals surface area contributed by atoms with Crippen LogP contribution in [0.3, 0.4) is 0 Å². The summed E-state index contributed by atoms with van der Waals surface area (Å²) in [6, 6.07) is 14.2. The normalized spacial score (nSPS) is 13.2. The van der Waals surface area contributed by atoms with Gasteiger partial charge in [-0.25, -0.2) is 14.4 Å². The van der Waals surface area contributed by atoms with E-state index in [-0.39, 0.29) is 11.9 Å². The van der Waals surface area contributed by atoms with Crippen molar-refractivity contribution in [2.45, 2.75) is 32.2 Å². The van der Waals surface area contributed by atoms with Gasteiger partial charge in [0, 0.05) is 38.3 Å². The molecule has 0 atom stereocenters. The number of ether oxygens (including phenoxy) is 1. The Balaban J connectivity index is 0.000000757. The molecule has 1 aliphatic heterocycles. The third-order valence-electron chi connectivity index (χ3n) is 6.39. The van der Waals surface area contributed by atoms with Crippen molar-refractivity contribution in [3.8, 4) is 5.75 Å². The minimum Gasteiger partial charge on any atom is -0.495 e. The summed E-state index contributed by atoms with van der Waals surface area (Å²) < 4.78 is 5.44. The van der Waals surface area contributed by atoms with Gasteiger partial charge in [0.25, 0.3) is 5.91 Å². The molecule has 0 aliphatic carbocycles. The van der Waals surface area contributed by atoms with Gasteiger partial charge in [0.1, 0.15) is 5.75 Å². The third-order valence-corrected chi connectivity index (χ3v) is 6.39. The molecule has 0 spiro atoms. The summed E-state index contributed by atoms with van der Waals surface area (Å²) in [5, 5.41) is 20.1. The van der Waals surface area contributed by atoms with E-state index in [2.05, 4.69) is 46.8 Å². The number of carbonyl (C=O) groups is 4. The first-order chi connectivity index (χ1) is 18.1. The van der Waals surface area contributed by atoms with Crippen LogP contribution in [0.2, 0.25) is 0 Å². The zero-order valence-electron chi connectivity index (χ0n) is 22.2. The number of amides is 3. The molecule has 11 nitrogen and oxygen atoms in total. The summed E-state index contributed by atoms with van der Waals surface area (Å²) in [4.78, 5) is 47.4. The number of likely N-dealkylation sites (N-methyl/N-ethyl adjacent to an activating group) is 1. The van der Waals surface area contributed by atoms with E-state index >= 15 is 0 Å². The number of hydrogen-bond acceptors (Lipinski definition) is 6. The summed E-state index contributed by atoms with van der Waals surface area (Å²) in [5.74, 6) is -3.17. The van der Waals surface area contributed by atoms with Gasteiger partial charge in [0.15, 0.2) is 0 Å². The number of aryl methyl sites for hydroxylation is 1. The second-order valence-corrected chi connectivity index (χ2v) is 8.92. The highest BCUT2D eigenvalue weighted by atomic mass is 16.5. The smallest absolute Gasteiger partial charge is 0.414 e. The van der Waals surface area contributed by atoms with Crippen LogP contribution in [0.4, 0.5) is 10.5 Å². The molecule has 0 aromatic heterocycles. The molecule has 0 radical (unpaired) electrons. The van der Waals surface area contributed by atoms with Crippen molar-refractivity contribution in [2.24, 2.45) is 0 Å². The Morgan fingerprint density at radius 1 is 1.05 bits per heavy atom. The molecule has 0 unspecified atom stereocenters. The van der Waals surface area contributed by atoms with Crippen LogP contribution in [-0.2, 0) is 16.0 Å². The summed E-state index contributed by atoms with van der Waals surface area (Å²) >= 11 is 0. The first-order valence-corrected chi connectivity index (χ1v) is 12.2. The summed E-state index contributed by atoms with van der Waals surface area (Å²) in [6.07, 6.45) is 2.96. The van der Waals surface area contributed by atoms with Crippen molar-refractivity contribution in [3.05, 3.63) is 59.2 Å². The number of hydrogen-bond donors (Lipinski definition) is 4. The van der Waals surface area contributed by atoms with Crippen LogP contribution in [-0.4, -0.2) is 90.8 Å². The minimum absolute atomic E-state index is 0.00304. The van der Waals surface area contributed by atoms with E-state index in [9.17, 15) is 9.59 Å². The molecule has 2 aromatic carbocycles. The van der Waals surface area contributed by atoms with Gasteiger partial charge in [-0.15, -0.1) is 0 Å². The number of anilines is 1. The van der Waals surface area contributed by atoms with Crippen LogP contribution in [0.5, 0.6) is 5.75 Å². The van der Waals surface area contributed by atoms with E-state index < -0.39 is 11.9 Å². The molecular weight excluding hydrogens is 492 g/mol. The van der Waals surface area contributed by atoms with Gasteiger partial charge in [-0.3, -0.25) is 4.79 Å². The Labute approximate surface area is 222 Å². The van der Waals surface area contributed by atoms with Gasteiger partial charge in [-0.1, -0.05) is 30.3 Å². The molecule has 3 rings (SSSR count). The van der Waals surface area contributed by atoms with Gasteiger partial charge in [0.2, 0.25) is 0 Å². The van der Waals surface area contributed by atoms with Crippen LogP contribution in [0.25, 0.3) is 0 Å². The number of methoxy groups -OCH3 is 1. The molecule has 11 heteroatoms. The van der Waals surface area contributed by atoms with Gasteiger partial charge < -0.3 is 35.4 Å².